The van der Waals surface area contributed by atoms with Gasteiger partial charge in [0.25, 0.3) is 0 Å². The molecule has 0 unspecified atom stereocenters. The average Bonchev–Trinajstić information content (AvgIpc) is 2.66. The van der Waals surface area contributed by atoms with Crippen LogP contribution in [0.4, 0.5) is 0 Å². The zero-order chi connectivity index (χ0) is 10.5. The molecule has 2 rings (SSSR count). The fraction of sp³-hybridized carbons (Fsp3) is 0.333. The molecule has 0 radical (unpaired) electrons. The van der Waals surface area contributed by atoms with Crippen LogP contribution in [0.2, 0.25) is 0 Å². The van der Waals surface area contributed by atoms with E-state index >= 15 is 0 Å². The summed E-state index contributed by atoms with van der Waals surface area (Å²) in [6.07, 6.45) is 7.81. The molecule has 1 aromatic heterocycles. The third kappa shape index (κ3) is 2.91. The van der Waals surface area contributed by atoms with Crippen molar-refractivity contribution in [3.8, 4) is 0 Å². The maximum atomic E-state index is 11.0. The second-order valence-corrected chi connectivity index (χ2v) is 3.67. The molecular formula is C12H14N2O. The number of aromatic nitrogens is 1. The van der Waals surface area contributed by atoms with Gasteiger partial charge in [-0.25, -0.2) is 0 Å². The van der Waals surface area contributed by atoms with E-state index in [1.165, 1.54) is 5.56 Å². The summed E-state index contributed by atoms with van der Waals surface area (Å²) >= 11 is 0. The molecule has 0 atom stereocenters. The summed E-state index contributed by atoms with van der Waals surface area (Å²) in [6.45, 7) is 0.878. The van der Waals surface area contributed by atoms with Crippen molar-refractivity contribution in [1.82, 2.24) is 10.3 Å². The standard InChI is InChI=1S/C12H14N2O/c15-12-2-1-11(9-12)14-8-5-10-3-6-13-7-4-10/h3-4,6-7,9,14H,1-2,5,8H2. The largest absolute Gasteiger partial charge is 0.388 e. The summed E-state index contributed by atoms with van der Waals surface area (Å²) in [7, 11) is 0. The van der Waals surface area contributed by atoms with Gasteiger partial charge in [0.05, 0.1) is 0 Å². The normalized spacial score (nSPS) is 15.2. The minimum atomic E-state index is 0.237. The van der Waals surface area contributed by atoms with Crippen LogP contribution in [0.25, 0.3) is 0 Å². The minimum Gasteiger partial charge on any atom is -0.388 e. The summed E-state index contributed by atoms with van der Waals surface area (Å²) in [6, 6.07) is 4.02. The van der Waals surface area contributed by atoms with Gasteiger partial charge in [-0.1, -0.05) is 0 Å². The number of carbonyl (C=O) groups excluding carboxylic acids is 1. The number of nitrogens with one attached hydrogen (secondary N) is 1. The lowest BCUT2D eigenvalue weighted by Crippen LogP contribution is -2.15. The molecule has 0 amide bonds. The summed E-state index contributed by atoms with van der Waals surface area (Å²) in [4.78, 5) is 14.9. The molecule has 1 N–H and O–H groups in total. The van der Waals surface area contributed by atoms with Crippen molar-refractivity contribution in [2.45, 2.75) is 19.3 Å². The first-order valence-corrected chi connectivity index (χ1v) is 5.21. The molecule has 0 saturated carbocycles. The Morgan fingerprint density at radius 2 is 2.07 bits per heavy atom. The summed E-state index contributed by atoms with van der Waals surface area (Å²) in [5, 5.41) is 3.28. The monoisotopic (exact) mass is 202 g/mol. The highest BCUT2D eigenvalue weighted by atomic mass is 16.1. The van der Waals surface area contributed by atoms with Crippen LogP contribution in [0.5, 0.6) is 0 Å². The predicted octanol–water partition coefficient (Wildman–Crippen LogP) is 1.46. The van der Waals surface area contributed by atoms with E-state index in [4.69, 9.17) is 0 Å². The van der Waals surface area contributed by atoms with Crippen molar-refractivity contribution in [3.05, 3.63) is 41.9 Å². The summed E-state index contributed by atoms with van der Waals surface area (Å²) in [5.41, 5.74) is 2.34. The first-order chi connectivity index (χ1) is 7.34. The number of carbonyl (C=O) groups is 1. The van der Waals surface area contributed by atoms with Crippen LogP contribution in [-0.4, -0.2) is 17.3 Å². The topological polar surface area (TPSA) is 42.0 Å². The number of pyridine rings is 1. The van der Waals surface area contributed by atoms with Gasteiger partial charge in [-0.05, 0) is 30.5 Å². The van der Waals surface area contributed by atoms with Crippen molar-refractivity contribution in [3.63, 3.8) is 0 Å². The lowest BCUT2D eigenvalue weighted by molar-refractivity contribution is -0.114. The van der Waals surface area contributed by atoms with E-state index in [0.717, 1.165) is 25.1 Å². The molecule has 3 heteroatoms. The number of nitrogens with zero attached hydrogens (tertiary/aromatic N) is 1. The zero-order valence-corrected chi connectivity index (χ0v) is 8.57. The van der Waals surface area contributed by atoms with E-state index in [1.807, 2.05) is 12.1 Å². The fourth-order valence-corrected chi connectivity index (χ4v) is 1.65. The van der Waals surface area contributed by atoms with Gasteiger partial charge in [0.15, 0.2) is 5.78 Å². The molecule has 0 aromatic carbocycles. The van der Waals surface area contributed by atoms with Crippen LogP contribution >= 0.6 is 0 Å². The Hall–Kier alpha value is -1.64. The van der Waals surface area contributed by atoms with Crippen LogP contribution in [0, 0.1) is 0 Å². The predicted molar refractivity (Wildman–Crippen MR) is 58.3 cm³/mol. The second-order valence-electron chi connectivity index (χ2n) is 3.67. The van der Waals surface area contributed by atoms with Crippen LogP contribution in [0.3, 0.4) is 0 Å². The van der Waals surface area contributed by atoms with E-state index in [9.17, 15) is 4.79 Å². The van der Waals surface area contributed by atoms with Crippen LogP contribution < -0.4 is 5.32 Å². The highest BCUT2D eigenvalue weighted by Gasteiger charge is 2.10. The number of allylic oxidation sites excluding steroid dienone is 2. The third-order valence-electron chi connectivity index (χ3n) is 2.49. The van der Waals surface area contributed by atoms with Crippen molar-refractivity contribution in [1.29, 1.82) is 0 Å². The lowest BCUT2D eigenvalue weighted by Gasteiger charge is -2.05. The Kier molecular flexibility index (Phi) is 3.12. The maximum Gasteiger partial charge on any atom is 0.157 e. The molecule has 1 aromatic rings. The van der Waals surface area contributed by atoms with E-state index in [-0.39, 0.29) is 5.78 Å². The highest BCUT2D eigenvalue weighted by Crippen LogP contribution is 2.11. The number of rotatable bonds is 4. The van der Waals surface area contributed by atoms with Gasteiger partial charge >= 0.3 is 0 Å². The van der Waals surface area contributed by atoms with Crippen LogP contribution in [0.15, 0.2) is 36.3 Å². The Labute approximate surface area is 89.2 Å². The highest BCUT2D eigenvalue weighted by molar-refractivity contribution is 5.92. The number of hydrogen-bond acceptors (Lipinski definition) is 3. The molecule has 1 aliphatic carbocycles. The molecule has 0 spiro atoms. The third-order valence-corrected chi connectivity index (χ3v) is 2.49. The van der Waals surface area contributed by atoms with Crippen molar-refractivity contribution >= 4 is 5.78 Å². The van der Waals surface area contributed by atoms with Gasteiger partial charge in [-0.2, -0.15) is 0 Å². The van der Waals surface area contributed by atoms with E-state index < -0.39 is 0 Å². The zero-order valence-electron chi connectivity index (χ0n) is 8.57. The molecule has 1 heterocycles. The van der Waals surface area contributed by atoms with Crippen molar-refractivity contribution in [2.24, 2.45) is 0 Å². The summed E-state index contributed by atoms with van der Waals surface area (Å²) < 4.78 is 0. The average molecular weight is 202 g/mol. The van der Waals surface area contributed by atoms with Gasteiger partial charge < -0.3 is 5.32 Å². The Bertz CT molecular complexity index is 370. The molecule has 0 bridgehead atoms. The molecule has 0 saturated heterocycles. The molecule has 78 valence electrons. The van der Waals surface area contributed by atoms with E-state index in [0.29, 0.717) is 6.42 Å². The van der Waals surface area contributed by atoms with Crippen LogP contribution in [0.1, 0.15) is 18.4 Å². The van der Waals surface area contributed by atoms with Gasteiger partial charge in [0.1, 0.15) is 0 Å². The molecule has 0 aliphatic heterocycles. The molecule has 3 nitrogen and oxygen atoms in total. The Morgan fingerprint density at radius 1 is 1.27 bits per heavy atom. The Balaban J connectivity index is 1.76. The molecular weight excluding hydrogens is 188 g/mol. The minimum absolute atomic E-state index is 0.237. The number of ketones is 1. The van der Waals surface area contributed by atoms with Gasteiger partial charge in [-0.3, -0.25) is 9.78 Å². The first kappa shape index (κ1) is 9.90. The summed E-state index contributed by atoms with van der Waals surface area (Å²) in [5.74, 6) is 0.237. The van der Waals surface area contributed by atoms with E-state index in [1.54, 1.807) is 18.5 Å². The van der Waals surface area contributed by atoms with Gasteiger partial charge in [0, 0.05) is 37.1 Å². The van der Waals surface area contributed by atoms with Crippen molar-refractivity contribution < 1.29 is 4.79 Å². The van der Waals surface area contributed by atoms with E-state index in [2.05, 4.69) is 10.3 Å². The molecule has 1 aliphatic rings. The first-order valence-electron chi connectivity index (χ1n) is 5.21. The lowest BCUT2D eigenvalue weighted by atomic mass is 10.2. The quantitative estimate of drug-likeness (QED) is 0.803. The smallest absolute Gasteiger partial charge is 0.157 e. The number of hydrogen-bond donors (Lipinski definition) is 1. The molecule has 0 fully saturated rings. The van der Waals surface area contributed by atoms with Gasteiger partial charge in [-0.15, -0.1) is 0 Å². The maximum absolute atomic E-state index is 11.0. The fourth-order valence-electron chi connectivity index (χ4n) is 1.65. The second kappa shape index (κ2) is 4.73. The SMILES string of the molecule is O=C1C=C(NCCc2ccncc2)CC1. The molecule has 15 heavy (non-hydrogen) atoms. The van der Waals surface area contributed by atoms with Crippen molar-refractivity contribution in [2.75, 3.05) is 6.54 Å². The van der Waals surface area contributed by atoms with Gasteiger partial charge in [0.2, 0.25) is 0 Å². The van der Waals surface area contributed by atoms with Crippen LogP contribution in [-0.2, 0) is 11.2 Å². The Morgan fingerprint density at radius 3 is 2.73 bits per heavy atom.